The third kappa shape index (κ3) is 3.12. The van der Waals surface area contributed by atoms with E-state index in [2.05, 4.69) is 57.8 Å². The van der Waals surface area contributed by atoms with Crippen molar-refractivity contribution < 1.29 is 9.57 Å². The predicted molar refractivity (Wildman–Crippen MR) is 121 cm³/mol. The van der Waals surface area contributed by atoms with Gasteiger partial charge in [-0.15, -0.1) is 5.48 Å². The topological polar surface area (TPSA) is 59.8 Å². The van der Waals surface area contributed by atoms with Gasteiger partial charge in [0.2, 0.25) is 5.90 Å². The number of aromatic nitrogens is 1. The van der Waals surface area contributed by atoms with E-state index in [1.165, 1.54) is 41.4 Å². The van der Waals surface area contributed by atoms with Crippen molar-refractivity contribution >= 4 is 22.5 Å². The van der Waals surface area contributed by atoms with E-state index >= 15 is 0 Å². The van der Waals surface area contributed by atoms with Gasteiger partial charge in [0, 0.05) is 42.7 Å². The molecular formula is C24H28N4O2. The minimum absolute atomic E-state index is 0.231. The maximum atomic E-state index is 5.84. The van der Waals surface area contributed by atoms with Crippen molar-refractivity contribution in [1.29, 1.82) is 0 Å². The molecule has 3 aromatic rings. The summed E-state index contributed by atoms with van der Waals surface area (Å²) in [5.74, 6) is 1.56. The van der Waals surface area contributed by atoms with Crippen LogP contribution in [0.25, 0.3) is 22.2 Å². The highest BCUT2D eigenvalue weighted by Gasteiger charge is 2.32. The first-order chi connectivity index (χ1) is 14.7. The van der Waals surface area contributed by atoms with Crippen LogP contribution in [0.1, 0.15) is 50.9 Å². The lowest BCUT2D eigenvalue weighted by Crippen LogP contribution is -2.19. The Hall–Kier alpha value is -2.99. The molecule has 2 heterocycles. The van der Waals surface area contributed by atoms with Crippen molar-refractivity contribution in [3.8, 4) is 17.0 Å². The van der Waals surface area contributed by atoms with E-state index in [0.29, 0.717) is 18.5 Å². The molecule has 0 spiro atoms. The summed E-state index contributed by atoms with van der Waals surface area (Å²) < 4.78 is 8.35. The molecule has 1 aromatic heterocycles. The zero-order valence-corrected chi connectivity index (χ0v) is 17.7. The fourth-order valence-corrected chi connectivity index (χ4v) is 4.46. The number of rotatable bonds is 6. The number of aliphatic imine (C=N–C) groups is 1. The van der Waals surface area contributed by atoms with Crippen molar-refractivity contribution in [2.24, 2.45) is 4.99 Å². The highest BCUT2D eigenvalue weighted by Crippen LogP contribution is 2.46. The summed E-state index contributed by atoms with van der Waals surface area (Å²) >= 11 is 0. The standard InChI is InChI=1S/C24H28N4O2/c1-4-29-19-12-13-20-21(14-19)28(18-6-5-7-18)23(16-8-10-17(25-3)11-9-16)22(20)24-26-15(2)30-27-24/h8-14,18,24-25,27H,4-7H2,1-3H3. The van der Waals surface area contributed by atoms with Gasteiger partial charge >= 0.3 is 0 Å². The lowest BCUT2D eigenvalue weighted by molar-refractivity contribution is 0.179. The monoisotopic (exact) mass is 404 g/mol. The van der Waals surface area contributed by atoms with Gasteiger partial charge in [-0.25, -0.2) is 4.99 Å². The number of ether oxygens (including phenoxy) is 1. The molecule has 2 aliphatic rings. The number of nitrogens with zero attached hydrogens (tertiary/aromatic N) is 2. The molecule has 0 amide bonds. The molecule has 1 unspecified atom stereocenters. The van der Waals surface area contributed by atoms with Gasteiger partial charge in [-0.05, 0) is 56.0 Å². The Labute approximate surface area is 176 Å². The molecule has 5 rings (SSSR count). The maximum Gasteiger partial charge on any atom is 0.208 e. The molecule has 6 nitrogen and oxygen atoms in total. The molecular weight excluding hydrogens is 376 g/mol. The smallest absolute Gasteiger partial charge is 0.208 e. The van der Waals surface area contributed by atoms with Crippen molar-refractivity contribution in [3.63, 3.8) is 0 Å². The molecule has 1 fully saturated rings. The van der Waals surface area contributed by atoms with Gasteiger partial charge in [0.05, 0.1) is 17.8 Å². The second-order valence-corrected chi connectivity index (χ2v) is 7.93. The van der Waals surface area contributed by atoms with Crippen molar-refractivity contribution in [1.82, 2.24) is 10.0 Å². The Kier molecular flexibility index (Phi) is 4.87. The fourth-order valence-electron chi connectivity index (χ4n) is 4.46. The number of fused-ring (bicyclic) bond motifs is 1. The molecule has 1 atom stereocenters. The van der Waals surface area contributed by atoms with Gasteiger partial charge < -0.3 is 19.5 Å². The van der Waals surface area contributed by atoms with Crippen LogP contribution in [0.15, 0.2) is 47.5 Å². The summed E-state index contributed by atoms with van der Waals surface area (Å²) in [4.78, 5) is 10.3. The van der Waals surface area contributed by atoms with Crippen LogP contribution in [-0.4, -0.2) is 24.1 Å². The largest absolute Gasteiger partial charge is 0.494 e. The van der Waals surface area contributed by atoms with Gasteiger partial charge in [0.25, 0.3) is 0 Å². The average Bonchev–Trinajstić information content (AvgIpc) is 3.28. The van der Waals surface area contributed by atoms with Crippen molar-refractivity contribution in [2.75, 3.05) is 19.0 Å². The summed E-state index contributed by atoms with van der Waals surface area (Å²) in [5.41, 5.74) is 8.98. The van der Waals surface area contributed by atoms with Crippen LogP contribution < -0.4 is 15.5 Å². The van der Waals surface area contributed by atoms with E-state index in [4.69, 9.17) is 14.6 Å². The number of hydrogen-bond donors (Lipinski definition) is 2. The number of nitrogens with one attached hydrogen (secondary N) is 2. The molecule has 0 bridgehead atoms. The number of benzene rings is 2. The Bertz CT molecular complexity index is 1100. The summed E-state index contributed by atoms with van der Waals surface area (Å²) in [6, 6.07) is 15.5. The molecule has 6 heteroatoms. The predicted octanol–water partition coefficient (Wildman–Crippen LogP) is 5.43. The van der Waals surface area contributed by atoms with Gasteiger partial charge in [-0.2, -0.15) is 0 Å². The average molecular weight is 405 g/mol. The molecule has 2 aromatic carbocycles. The summed E-state index contributed by atoms with van der Waals surface area (Å²) in [6.45, 7) is 4.56. The summed E-state index contributed by atoms with van der Waals surface area (Å²) in [5, 5.41) is 4.40. The van der Waals surface area contributed by atoms with E-state index in [1.54, 1.807) is 0 Å². The number of hydroxylamine groups is 1. The van der Waals surface area contributed by atoms with Crippen LogP contribution in [0.3, 0.4) is 0 Å². The van der Waals surface area contributed by atoms with Crippen LogP contribution in [-0.2, 0) is 4.84 Å². The third-order valence-corrected chi connectivity index (χ3v) is 6.12. The Morgan fingerprint density at radius 1 is 1.20 bits per heavy atom. The van der Waals surface area contributed by atoms with E-state index < -0.39 is 0 Å². The molecule has 0 radical (unpaired) electrons. The Morgan fingerprint density at radius 3 is 2.60 bits per heavy atom. The first-order valence-electron chi connectivity index (χ1n) is 10.7. The van der Waals surface area contributed by atoms with Crippen LogP contribution in [0.5, 0.6) is 5.75 Å². The zero-order valence-electron chi connectivity index (χ0n) is 17.7. The van der Waals surface area contributed by atoms with Crippen molar-refractivity contribution in [3.05, 3.63) is 48.0 Å². The first-order valence-corrected chi connectivity index (χ1v) is 10.7. The number of anilines is 1. The molecule has 156 valence electrons. The van der Waals surface area contributed by atoms with Gasteiger partial charge in [-0.1, -0.05) is 12.1 Å². The molecule has 2 N–H and O–H groups in total. The van der Waals surface area contributed by atoms with E-state index in [-0.39, 0.29) is 6.17 Å². The van der Waals surface area contributed by atoms with Crippen LogP contribution in [0.2, 0.25) is 0 Å². The lowest BCUT2D eigenvalue weighted by atomic mass is 9.92. The SMILES string of the molecule is CCOc1ccc2c(C3N=C(C)ON3)c(-c3ccc(NC)cc3)n(C3CCC3)c2c1. The Balaban J connectivity index is 1.79. The molecule has 1 aliphatic heterocycles. The fraction of sp³-hybridized carbons (Fsp3) is 0.375. The minimum atomic E-state index is -0.231. The second kappa shape index (κ2) is 7.69. The van der Waals surface area contributed by atoms with E-state index in [1.807, 2.05) is 20.9 Å². The minimum Gasteiger partial charge on any atom is -0.494 e. The Morgan fingerprint density at radius 2 is 2.00 bits per heavy atom. The maximum absolute atomic E-state index is 5.84. The highest BCUT2D eigenvalue weighted by atomic mass is 16.7. The molecule has 1 saturated carbocycles. The number of hydrogen-bond acceptors (Lipinski definition) is 5. The van der Waals surface area contributed by atoms with E-state index in [0.717, 1.165) is 17.0 Å². The van der Waals surface area contributed by atoms with Gasteiger partial charge in [0.15, 0.2) is 6.17 Å². The summed E-state index contributed by atoms with van der Waals surface area (Å²) in [6.07, 6.45) is 3.43. The quantitative estimate of drug-likeness (QED) is 0.575. The van der Waals surface area contributed by atoms with Gasteiger partial charge in [0.1, 0.15) is 5.75 Å². The van der Waals surface area contributed by atoms with Crippen LogP contribution >= 0.6 is 0 Å². The van der Waals surface area contributed by atoms with Crippen LogP contribution in [0.4, 0.5) is 5.69 Å². The highest BCUT2D eigenvalue weighted by molar-refractivity contribution is 5.94. The second-order valence-electron chi connectivity index (χ2n) is 7.93. The molecule has 30 heavy (non-hydrogen) atoms. The van der Waals surface area contributed by atoms with Gasteiger partial charge in [-0.3, -0.25) is 0 Å². The zero-order chi connectivity index (χ0) is 20.7. The molecule has 0 saturated heterocycles. The third-order valence-electron chi connectivity index (χ3n) is 6.12. The van der Waals surface area contributed by atoms with E-state index in [9.17, 15) is 0 Å². The lowest BCUT2D eigenvalue weighted by Gasteiger charge is -2.30. The summed E-state index contributed by atoms with van der Waals surface area (Å²) in [7, 11) is 1.94. The first kappa shape index (κ1) is 19.0. The van der Waals surface area contributed by atoms with Crippen molar-refractivity contribution in [2.45, 2.75) is 45.3 Å². The van der Waals surface area contributed by atoms with Crippen LogP contribution in [0, 0.1) is 0 Å². The molecule has 1 aliphatic carbocycles. The normalized spacial score (nSPS) is 18.8.